The van der Waals surface area contributed by atoms with E-state index in [2.05, 4.69) is 58.5 Å². The quantitative estimate of drug-likeness (QED) is 0.471. The van der Waals surface area contributed by atoms with Crippen molar-refractivity contribution in [2.45, 2.75) is 13.0 Å². The van der Waals surface area contributed by atoms with E-state index in [1.807, 2.05) is 12.1 Å². The Hall–Kier alpha value is -2.89. The summed E-state index contributed by atoms with van der Waals surface area (Å²) in [5.74, 6) is 1.56. The van der Waals surface area contributed by atoms with E-state index in [1.54, 1.807) is 11.3 Å². The molecule has 0 atom stereocenters. The van der Waals surface area contributed by atoms with Gasteiger partial charge in [0, 0.05) is 28.9 Å². The van der Waals surface area contributed by atoms with Crippen LogP contribution in [0.2, 0.25) is 0 Å². The number of aromatic nitrogens is 1. The van der Waals surface area contributed by atoms with Crippen molar-refractivity contribution in [2.24, 2.45) is 0 Å². The number of hydrogen-bond acceptors (Lipinski definition) is 5. The summed E-state index contributed by atoms with van der Waals surface area (Å²) in [6, 6.07) is 18.9. The van der Waals surface area contributed by atoms with Crippen molar-refractivity contribution >= 4 is 22.2 Å². The van der Waals surface area contributed by atoms with Gasteiger partial charge < -0.3 is 14.8 Å². The van der Waals surface area contributed by atoms with E-state index in [9.17, 15) is 0 Å². The first-order valence-electron chi connectivity index (χ1n) is 9.37. The number of pyridine rings is 1. The highest BCUT2D eigenvalue weighted by Gasteiger charge is 2.17. The molecule has 1 aliphatic rings. The van der Waals surface area contributed by atoms with E-state index in [0.29, 0.717) is 0 Å². The topological polar surface area (TPSA) is 43.4 Å². The average Bonchev–Trinajstić information content (AvgIpc) is 3.41. The van der Waals surface area contributed by atoms with Crippen molar-refractivity contribution in [3.05, 3.63) is 76.5 Å². The molecule has 5 rings (SSSR count). The smallest absolute Gasteiger partial charge is 0.231 e. The molecule has 140 valence electrons. The third-order valence-electron chi connectivity index (χ3n) is 4.93. The largest absolute Gasteiger partial charge is 0.454 e. The first-order chi connectivity index (χ1) is 13.9. The monoisotopic (exact) mass is 388 g/mol. The predicted molar refractivity (Wildman–Crippen MR) is 113 cm³/mol. The molecule has 0 amide bonds. The maximum atomic E-state index is 5.53. The van der Waals surface area contributed by atoms with Gasteiger partial charge in [0.1, 0.15) is 0 Å². The lowest BCUT2D eigenvalue weighted by atomic mass is 10.0. The summed E-state index contributed by atoms with van der Waals surface area (Å²) in [6.45, 7) is 1.97. The summed E-state index contributed by atoms with van der Waals surface area (Å²) < 4.78 is 11.0. The van der Waals surface area contributed by atoms with Gasteiger partial charge in [-0.1, -0.05) is 30.3 Å². The number of nitrogens with zero attached hydrogens (tertiary/aromatic N) is 1. The van der Waals surface area contributed by atoms with Gasteiger partial charge in [0.2, 0.25) is 6.79 Å². The molecule has 28 heavy (non-hydrogen) atoms. The SMILES string of the molecule is c1ccc(CCNCc2cc3cc4c(cc3nc2-c2ccsc2)OCO4)cc1. The first kappa shape index (κ1) is 17.2. The zero-order chi connectivity index (χ0) is 18.8. The highest BCUT2D eigenvalue weighted by Crippen LogP contribution is 2.37. The average molecular weight is 388 g/mol. The Morgan fingerprint density at radius 2 is 1.86 bits per heavy atom. The minimum Gasteiger partial charge on any atom is -0.454 e. The Balaban J connectivity index is 1.42. The first-order valence-corrected chi connectivity index (χ1v) is 10.3. The Morgan fingerprint density at radius 3 is 2.68 bits per heavy atom. The summed E-state index contributed by atoms with van der Waals surface area (Å²) >= 11 is 1.69. The van der Waals surface area contributed by atoms with E-state index in [0.717, 1.165) is 53.2 Å². The molecule has 2 aromatic heterocycles. The molecule has 3 heterocycles. The summed E-state index contributed by atoms with van der Waals surface area (Å²) in [6.07, 6.45) is 1.01. The standard InChI is InChI=1S/C23H20N2O2S/c1-2-4-16(5-3-1)6-8-24-13-19-10-18-11-21-22(27-15-26-21)12-20(18)25-23(19)17-7-9-28-14-17/h1-5,7,9-12,14,24H,6,8,13,15H2. The van der Waals surface area contributed by atoms with Crippen LogP contribution in [0.15, 0.2) is 65.4 Å². The molecule has 0 saturated heterocycles. The highest BCUT2D eigenvalue weighted by molar-refractivity contribution is 7.08. The summed E-state index contributed by atoms with van der Waals surface area (Å²) in [5.41, 5.74) is 5.65. The fraction of sp³-hybridized carbons (Fsp3) is 0.174. The van der Waals surface area contributed by atoms with Crippen molar-refractivity contribution in [3.8, 4) is 22.8 Å². The predicted octanol–water partition coefficient (Wildman–Crippen LogP) is 5.02. The molecule has 5 heteroatoms. The van der Waals surface area contributed by atoms with Crippen LogP contribution in [0.1, 0.15) is 11.1 Å². The molecule has 0 spiro atoms. The van der Waals surface area contributed by atoms with Crippen LogP contribution in [0.25, 0.3) is 22.2 Å². The van der Waals surface area contributed by atoms with Crippen LogP contribution in [-0.2, 0) is 13.0 Å². The van der Waals surface area contributed by atoms with Crippen LogP contribution < -0.4 is 14.8 Å². The molecule has 1 aliphatic heterocycles. The third-order valence-corrected chi connectivity index (χ3v) is 5.61. The maximum absolute atomic E-state index is 5.53. The zero-order valence-corrected chi connectivity index (χ0v) is 16.2. The van der Waals surface area contributed by atoms with Crippen molar-refractivity contribution in [1.82, 2.24) is 10.3 Å². The summed E-state index contributed by atoms with van der Waals surface area (Å²) in [7, 11) is 0. The van der Waals surface area contributed by atoms with Gasteiger partial charge in [-0.15, -0.1) is 0 Å². The molecule has 0 aliphatic carbocycles. The number of rotatable bonds is 6. The van der Waals surface area contributed by atoms with E-state index in [4.69, 9.17) is 14.5 Å². The second-order valence-electron chi connectivity index (χ2n) is 6.82. The lowest BCUT2D eigenvalue weighted by Crippen LogP contribution is -2.17. The Bertz CT molecular complexity index is 1090. The number of ether oxygens (including phenoxy) is 2. The lowest BCUT2D eigenvalue weighted by molar-refractivity contribution is 0.174. The van der Waals surface area contributed by atoms with Gasteiger partial charge in [0.25, 0.3) is 0 Å². The molecule has 0 fully saturated rings. The number of nitrogens with one attached hydrogen (secondary N) is 1. The van der Waals surface area contributed by atoms with Crippen LogP contribution in [-0.4, -0.2) is 18.3 Å². The second kappa shape index (κ2) is 7.62. The lowest BCUT2D eigenvalue weighted by Gasteiger charge is -2.12. The molecule has 0 radical (unpaired) electrons. The Kier molecular flexibility index (Phi) is 4.69. The molecule has 0 saturated carbocycles. The van der Waals surface area contributed by atoms with Crippen molar-refractivity contribution in [1.29, 1.82) is 0 Å². The summed E-state index contributed by atoms with van der Waals surface area (Å²) in [4.78, 5) is 4.96. The van der Waals surface area contributed by atoms with Crippen molar-refractivity contribution in [2.75, 3.05) is 13.3 Å². The fourth-order valence-electron chi connectivity index (χ4n) is 3.49. The molecule has 4 nitrogen and oxygen atoms in total. The molecule has 2 aromatic carbocycles. The second-order valence-corrected chi connectivity index (χ2v) is 7.60. The van der Waals surface area contributed by atoms with Crippen molar-refractivity contribution < 1.29 is 9.47 Å². The van der Waals surface area contributed by atoms with E-state index in [1.165, 1.54) is 11.1 Å². The zero-order valence-electron chi connectivity index (χ0n) is 15.4. The Morgan fingerprint density at radius 1 is 1.00 bits per heavy atom. The van der Waals surface area contributed by atoms with Crippen LogP contribution in [0, 0.1) is 0 Å². The normalized spacial score (nSPS) is 12.6. The van der Waals surface area contributed by atoms with E-state index < -0.39 is 0 Å². The van der Waals surface area contributed by atoms with E-state index >= 15 is 0 Å². The van der Waals surface area contributed by atoms with Gasteiger partial charge in [-0.2, -0.15) is 11.3 Å². The van der Waals surface area contributed by atoms with E-state index in [-0.39, 0.29) is 6.79 Å². The number of fused-ring (bicyclic) bond motifs is 2. The highest BCUT2D eigenvalue weighted by atomic mass is 32.1. The van der Waals surface area contributed by atoms with Crippen LogP contribution in [0.5, 0.6) is 11.5 Å². The molecular formula is C23H20N2O2S. The van der Waals surface area contributed by atoms with Gasteiger partial charge >= 0.3 is 0 Å². The molecule has 1 N–H and O–H groups in total. The maximum Gasteiger partial charge on any atom is 0.231 e. The van der Waals surface area contributed by atoms with Crippen LogP contribution >= 0.6 is 11.3 Å². The Labute approximate surface area is 167 Å². The minimum absolute atomic E-state index is 0.275. The number of hydrogen-bond donors (Lipinski definition) is 1. The van der Waals surface area contributed by atoms with Crippen LogP contribution in [0.4, 0.5) is 0 Å². The number of benzene rings is 2. The van der Waals surface area contributed by atoms with Gasteiger partial charge in [-0.25, -0.2) is 4.98 Å². The van der Waals surface area contributed by atoms with Gasteiger partial charge in [0.05, 0.1) is 11.2 Å². The molecule has 0 bridgehead atoms. The van der Waals surface area contributed by atoms with Gasteiger partial charge in [-0.3, -0.25) is 0 Å². The van der Waals surface area contributed by atoms with Gasteiger partial charge in [-0.05, 0) is 47.7 Å². The summed E-state index contributed by atoms with van der Waals surface area (Å²) in [5, 5.41) is 8.89. The third kappa shape index (κ3) is 3.46. The molecule has 4 aromatic rings. The molecular weight excluding hydrogens is 368 g/mol. The fourth-order valence-corrected chi connectivity index (χ4v) is 4.13. The molecule has 0 unspecified atom stereocenters. The van der Waals surface area contributed by atoms with Crippen molar-refractivity contribution in [3.63, 3.8) is 0 Å². The number of thiophene rings is 1. The van der Waals surface area contributed by atoms with Crippen LogP contribution in [0.3, 0.4) is 0 Å². The minimum atomic E-state index is 0.275. The van der Waals surface area contributed by atoms with Gasteiger partial charge in [0.15, 0.2) is 11.5 Å².